The molecule has 1 aliphatic heterocycles. The first-order chi connectivity index (χ1) is 15.7. The van der Waals surface area contributed by atoms with E-state index in [4.69, 9.17) is 5.73 Å². The van der Waals surface area contributed by atoms with Crippen molar-refractivity contribution in [1.29, 1.82) is 0 Å². The Hall–Kier alpha value is -3.88. The Morgan fingerprint density at radius 3 is 2.61 bits per heavy atom. The van der Waals surface area contributed by atoms with Gasteiger partial charge in [-0.3, -0.25) is 14.6 Å². The summed E-state index contributed by atoms with van der Waals surface area (Å²) in [5.41, 5.74) is 6.81. The van der Waals surface area contributed by atoms with Gasteiger partial charge in [0, 0.05) is 11.8 Å². The number of fused-ring (bicyclic) bond motifs is 1. The first-order valence-electron chi connectivity index (χ1n) is 10.2. The Morgan fingerprint density at radius 2 is 1.94 bits per heavy atom. The average Bonchev–Trinajstić information content (AvgIpc) is 3.26. The molecular weight excluding hydrogens is 433 g/mol. The topological polar surface area (TPSA) is 97.1 Å². The second-order valence-corrected chi connectivity index (χ2v) is 8.01. The van der Waals surface area contributed by atoms with Gasteiger partial charge < -0.3 is 16.4 Å². The molecule has 170 valence electrons. The molecule has 4 N–H and O–H groups in total. The second-order valence-electron chi connectivity index (χ2n) is 8.01. The standard InChI is InChI=1S/C24H21F3N4O2/c1-2-3-9-17-20(28)31-22(33)23(17)11-15-10-18(29-13-16(15)12-23)21(32)30-19(24(25,26)27)14-7-5-4-6-8-14/h2-10,13,19H,1,11-12,28H2,(H,30,32)(H,31,33)/b9-3-. The highest BCUT2D eigenvalue weighted by Crippen LogP contribution is 2.46. The molecule has 2 unspecified atom stereocenters. The summed E-state index contributed by atoms with van der Waals surface area (Å²) < 4.78 is 40.8. The van der Waals surface area contributed by atoms with Crippen molar-refractivity contribution in [3.05, 3.63) is 101 Å². The minimum Gasteiger partial charge on any atom is -0.385 e. The molecule has 0 fully saturated rings. The van der Waals surface area contributed by atoms with E-state index >= 15 is 0 Å². The van der Waals surface area contributed by atoms with Crippen LogP contribution in [0.15, 0.2) is 78.8 Å². The summed E-state index contributed by atoms with van der Waals surface area (Å²) in [5, 5.41) is 4.69. The van der Waals surface area contributed by atoms with Crippen LogP contribution in [0.25, 0.3) is 0 Å². The van der Waals surface area contributed by atoms with Crippen LogP contribution in [0.1, 0.15) is 33.2 Å². The van der Waals surface area contributed by atoms with Crippen molar-refractivity contribution in [2.24, 2.45) is 11.1 Å². The van der Waals surface area contributed by atoms with E-state index in [0.29, 0.717) is 17.6 Å². The maximum atomic E-state index is 13.6. The minimum absolute atomic E-state index is 0.0830. The van der Waals surface area contributed by atoms with Crippen molar-refractivity contribution in [2.45, 2.75) is 25.1 Å². The van der Waals surface area contributed by atoms with Gasteiger partial charge in [0.1, 0.15) is 11.5 Å². The zero-order valence-electron chi connectivity index (χ0n) is 17.4. The first kappa shape index (κ1) is 22.3. The summed E-state index contributed by atoms with van der Waals surface area (Å²) >= 11 is 0. The van der Waals surface area contributed by atoms with Crippen molar-refractivity contribution in [3.63, 3.8) is 0 Å². The monoisotopic (exact) mass is 454 g/mol. The van der Waals surface area contributed by atoms with Gasteiger partial charge in [0.05, 0.1) is 5.41 Å². The minimum atomic E-state index is -4.69. The lowest BCUT2D eigenvalue weighted by molar-refractivity contribution is -0.155. The van der Waals surface area contributed by atoms with Crippen LogP contribution >= 0.6 is 0 Å². The van der Waals surface area contributed by atoms with Gasteiger partial charge in [-0.05, 0) is 35.6 Å². The molecule has 0 saturated carbocycles. The Balaban J connectivity index is 1.61. The number of benzene rings is 1. The third kappa shape index (κ3) is 4.02. The zero-order valence-corrected chi connectivity index (χ0v) is 17.4. The molecule has 1 aliphatic carbocycles. The van der Waals surface area contributed by atoms with Crippen LogP contribution in [0, 0.1) is 5.41 Å². The van der Waals surface area contributed by atoms with Crippen LogP contribution in [0.5, 0.6) is 0 Å². The number of hydrogen-bond donors (Lipinski definition) is 3. The lowest BCUT2D eigenvalue weighted by Gasteiger charge is -2.22. The van der Waals surface area contributed by atoms with Gasteiger partial charge in [-0.15, -0.1) is 0 Å². The van der Waals surface area contributed by atoms with Crippen molar-refractivity contribution in [3.8, 4) is 0 Å². The molecule has 0 radical (unpaired) electrons. The number of rotatable bonds is 5. The van der Waals surface area contributed by atoms with Gasteiger partial charge in [-0.2, -0.15) is 13.2 Å². The third-order valence-electron chi connectivity index (χ3n) is 5.92. The third-order valence-corrected chi connectivity index (χ3v) is 5.92. The number of aromatic nitrogens is 1. The molecule has 2 aliphatic rings. The number of hydrogen-bond acceptors (Lipinski definition) is 4. The molecule has 2 aromatic rings. The summed E-state index contributed by atoms with van der Waals surface area (Å²) in [6, 6.07) is 6.39. The highest BCUT2D eigenvalue weighted by Gasteiger charge is 2.51. The van der Waals surface area contributed by atoms with E-state index < -0.39 is 23.5 Å². The van der Waals surface area contributed by atoms with E-state index in [0.717, 1.165) is 5.56 Å². The molecule has 2 atom stereocenters. The Labute approximate surface area is 188 Å². The maximum absolute atomic E-state index is 13.6. The Kier molecular flexibility index (Phi) is 5.57. The van der Waals surface area contributed by atoms with Crippen LogP contribution in [0.4, 0.5) is 13.2 Å². The van der Waals surface area contributed by atoms with Gasteiger partial charge in [-0.25, -0.2) is 0 Å². The van der Waals surface area contributed by atoms with E-state index in [9.17, 15) is 22.8 Å². The van der Waals surface area contributed by atoms with Gasteiger partial charge in [-0.1, -0.05) is 55.1 Å². The van der Waals surface area contributed by atoms with Crippen molar-refractivity contribution >= 4 is 11.8 Å². The lowest BCUT2D eigenvalue weighted by Crippen LogP contribution is -2.38. The fourth-order valence-corrected chi connectivity index (χ4v) is 4.34. The molecule has 9 heteroatoms. The molecule has 1 aromatic heterocycles. The smallest absolute Gasteiger partial charge is 0.385 e. The van der Waals surface area contributed by atoms with Crippen LogP contribution in [0.3, 0.4) is 0 Å². The maximum Gasteiger partial charge on any atom is 0.412 e. The number of allylic oxidation sites excluding steroid dienone is 3. The van der Waals surface area contributed by atoms with Gasteiger partial charge >= 0.3 is 6.18 Å². The molecule has 1 aromatic carbocycles. The second kappa shape index (κ2) is 8.23. The molecule has 6 nitrogen and oxygen atoms in total. The first-order valence-corrected chi connectivity index (χ1v) is 10.2. The summed E-state index contributed by atoms with van der Waals surface area (Å²) in [5.74, 6) is -0.984. The van der Waals surface area contributed by atoms with E-state index in [1.807, 2.05) is 5.32 Å². The summed E-state index contributed by atoms with van der Waals surface area (Å²) in [6.45, 7) is 3.62. The molecule has 0 bridgehead atoms. The van der Waals surface area contributed by atoms with Crippen molar-refractivity contribution < 1.29 is 22.8 Å². The SMILES string of the molecule is C=C/C=C\C1=C(N)NC(=O)C12Cc1cnc(C(=O)NC(c3ccccc3)C(F)(F)F)cc1C2. The van der Waals surface area contributed by atoms with Crippen molar-refractivity contribution in [2.75, 3.05) is 0 Å². The van der Waals surface area contributed by atoms with Gasteiger partial charge in [0.25, 0.3) is 5.91 Å². The number of amides is 2. The quantitative estimate of drug-likeness (QED) is 0.605. The van der Waals surface area contributed by atoms with Crippen LogP contribution in [0.2, 0.25) is 0 Å². The van der Waals surface area contributed by atoms with E-state index in [1.165, 1.54) is 36.5 Å². The van der Waals surface area contributed by atoms with Crippen molar-refractivity contribution in [1.82, 2.24) is 15.6 Å². The largest absolute Gasteiger partial charge is 0.412 e. The highest BCUT2D eigenvalue weighted by atomic mass is 19.4. The number of nitrogens with zero attached hydrogens (tertiary/aromatic N) is 1. The van der Waals surface area contributed by atoms with Gasteiger partial charge in [0.15, 0.2) is 6.04 Å². The van der Waals surface area contributed by atoms with Crippen LogP contribution in [-0.4, -0.2) is 23.0 Å². The summed E-state index contributed by atoms with van der Waals surface area (Å²) in [4.78, 5) is 29.5. The van der Waals surface area contributed by atoms with E-state index in [2.05, 4.69) is 16.9 Å². The Morgan fingerprint density at radius 1 is 1.24 bits per heavy atom. The summed E-state index contributed by atoms with van der Waals surface area (Å²) in [6.07, 6.45) is 2.25. The molecule has 33 heavy (non-hydrogen) atoms. The number of nitrogens with one attached hydrogen (secondary N) is 2. The number of pyridine rings is 1. The molecule has 0 saturated heterocycles. The van der Waals surface area contributed by atoms with E-state index in [-0.39, 0.29) is 29.4 Å². The predicted octanol–water partition coefficient (Wildman–Crippen LogP) is 3.24. The molecule has 1 spiro atoms. The number of halogens is 3. The molecule has 2 heterocycles. The van der Waals surface area contributed by atoms with Crippen LogP contribution < -0.4 is 16.4 Å². The lowest BCUT2D eigenvalue weighted by atomic mass is 9.78. The number of carbonyl (C=O) groups is 2. The number of alkyl halides is 3. The zero-order chi connectivity index (χ0) is 23.8. The molecule has 2 amide bonds. The van der Waals surface area contributed by atoms with Gasteiger partial charge in [0.2, 0.25) is 5.91 Å². The molecular formula is C24H21F3N4O2. The Bertz CT molecular complexity index is 1190. The predicted molar refractivity (Wildman–Crippen MR) is 115 cm³/mol. The molecule has 4 rings (SSSR count). The van der Waals surface area contributed by atoms with Crippen LogP contribution in [-0.2, 0) is 17.6 Å². The normalized spacial score (nSPS) is 20.8. The van der Waals surface area contributed by atoms with E-state index in [1.54, 1.807) is 24.3 Å². The number of nitrogens with two attached hydrogens (primary N) is 1. The summed E-state index contributed by atoms with van der Waals surface area (Å²) in [7, 11) is 0. The fourth-order valence-electron chi connectivity index (χ4n) is 4.34. The average molecular weight is 454 g/mol. The highest BCUT2D eigenvalue weighted by molar-refractivity contribution is 5.95. The fraction of sp³-hybridized carbons (Fsp3) is 0.208. The number of carbonyl (C=O) groups excluding carboxylic acids is 2.